The lowest BCUT2D eigenvalue weighted by molar-refractivity contribution is -0.123. The first-order valence-electron chi connectivity index (χ1n) is 10.0. The van der Waals surface area contributed by atoms with E-state index in [0.717, 1.165) is 23.0 Å². The minimum absolute atomic E-state index is 0.214. The van der Waals surface area contributed by atoms with Crippen molar-refractivity contribution < 1.29 is 9.53 Å². The molecule has 0 atom stereocenters. The molecule has 0 saturated heterocycles. The molecule has 162 valence electrons. The van der Waals surface area contributed by atoms with Gasteiger partial charge in [-0.3, -0.25) is 4.79 Å². The summed E-state index contributed by atoms with van der Waals surface area (Å²) in [5.41, 5.74) is 6.95. The molecule has 0 unspecified atom stereocenters. The van der Waals surface area contributed by atoms with E-state index in [2.05, 4.69) is 52.3 Å². The third-order valence-electron chi connectivity index (χ3n) is 4.90. The topological polar surface area (TPSA) is 55.6 Å². The third-order valence-corrected chi connectivity index (χ3v) is 5.43. The smallest absolute Gasteiger partial charge is 0.277 e. The molecular weight excluding hydrogens is 445 g/mol. The fraction of sp³-hybridized carbons (Fsp3) is 0.120. The van der Waals surface area contributed by atoms with Gasteiger partial charge in [0.25, 0.3) is 5.91 Å². The molecule has 32 heavy (non-hydrogen) atoms. The van der Waals surface area contributed by atoms with Gasteiger partial charge in [0.05, 0.1) is 11.2 Å². The van der Waals surface area contributed by atoms with Crippen molar-refractivity contribution in [3.8, 4) is 5.75 Å². The van der Waals surface area contributed by atoms with Crippen LogP contribution < -0.4 is 10.2 Å². The van der Waals surface area contributed by atoms with E-state index in [-0.39, 0.29) is 6.61 Å². The number of hydrazone groups is 1. The molecule has 0 radical (unpaired) electrons. The van der Waals surface area contributed by atoms with Gasteiger partial charge in [-0.2, -0.15) is 5.10 Å². The maximum Gasteiger partial charge on any atom is 0.277 e. The number of aryl methyl sites for hydroxylation is 1. The number of hydrogen-bond donors (Lipinski definition) is 1. The lowest BCUT2D eigenvalue weighted by atomic mass is 10.1. The number of halogens is 2. The van der Waals surface area contributed by atoms with Gasteiger partial charge in [0.1, 0.15) is 5.75 Å². The van der Waals surface area contributed by atoms with E-state index in [1.54, 1.807) is 24.4 Å². The van der Waals surface area contributed by atoms with Gasteiger partial charge in [-0.25, -0.2) is 5.43 Å². The maximum atomic E-state index is 12.1. The molecule has 4 rings (SSSR count). The number of fused-ring (bicyclic) bond motifs is 1. The zero-order valence-electron chi connectivity index (χ0n) is 17.4. The highest BCUT2D eigenvalue weighted by molar-refractivity contribution is 6.35. The number of aromatic nitrogens is 1. The average molecular weight is 466 g/mol. The molecule has 3 aromatic carbocycles. The van der Waals surface area contributed by atoms with E-state index in [0.29, 0.717) is 15.8 Å². The Labute approximate surface area is 196 Å². The molecule has 4 aromatic rings. The van der Waals surface area contributed by atoms with E-state index >= 15 is 0 Å². The summed E-state index contributed by atoms with van der Waals surface area (Å²) in [5.74, 6) is -0.00909. The Balaban J connectivity index is 1.43. The minimum atomic E-state index is -0.393. The Morgan fingerprint density at radius 2 is 1.94 bits per heavy atom. The molecule has 0 aliphatic heterocycles. The first kappa shape index (κ1) is 21.9. The van der Waals surface area contributed by atoms with Crippen LogP contribution in [0.4, 0.5) is 0 Å². The van der Waals surface area contributed by atoms with Crippen molar-refractivity contribution in [2.75, 3.05) is 6.61 Å². The Bertz CT molecular complexity index is 1300. The molecule has 0 aliphatic rings. The number of nitrogens with zero attached hydrogens (tertiary/aromatic N) is 2. The fourth-order valence-corrected chi connectivity index (χ4v) is 3.92. The van der Waals surface area contributed by atoms with E-state index in [1.807, 2.05) is 24.4 Å². The van der Waals surface area contributed by atoms with Crippen molar-refractivity contribution in [3.63, 3.8) is 0 Å². The monoisotopic (exact) mass is 465 g/mol. The number of hydrogen-bond acceptors (Lipinski definition) is 3. The van der Waals surface area contributed by atoms with Gasteiger partial charge < -0.3 is 9.30 Å². The number of nitrogens with one attached hydrogen (secondary N) is 1. The van der Waals surface area contributed by atoms with E-state index < -0.39 is 5.91 Å². The van der Waals surface area contributed by atoms with Crippen molar-refractivity contribution in [2.24, 2.45) is 5.10 Å². The van der Waals surface area contributed by atoms with E-state index in [4.69, 9.17) is 27.9 Å². The average Bonchev–Trinajstić information content (AvgIpc) is 3.11. The Morgan fingerprint density at radius 1 is 1.09 bits per heavy atom. The summed E-state index contributed by atoms with van der Waals surface area (Å²) in [7, 11) is 0. The number of carbonyl (C=O) groups excluding carboxylic acids is 1. The fourth-order valence-electron chi connectivity index (χ4n) is 3.46. The summed E-state index contributed by atoms with van der Waals surface area (Å²) in [4.78, 5) is 12.1. The number of amides is 1. The second-order valence-corrected chi connectivity index (χ2v) is 8.22. The van der Waals surface area contributed by atoms with Gasteiger partial charge in [0.15, 0.2) is 6.61 Å². The third kappa shape index (κ3) is 5.31. The van der Waals surface area contributed by atoms with Crippen LogP contribution in [0.25, 0.3) is 10.9 Å². The molecule has 0 aliphatic carbocycles. The van der Waals surface area contributed by atoms with Crippen LogP contribution in [-0.2, 0) is 11.3 Å². The van der Waals surface area contributed by atoms with Gasteiger partial charge in [0, 0.05) is 34.2 Å². The van der Waals surface area contributed by atoms with Crippen LogP contribution >= 0.6 is 23.2 Å². The summed E-state index contributed by atoms with van der Waals surface area (Å²) >= 11 is 11.9. The predicted octanol–water partition coefficient (Wildman–Crippen LogP) is 5.83. The van der Waals surface area contributed by atoms with Crippen LogP contribution in [0.2, 0.25) is 10.0 Å². The minimum Gasteiger partial charge on any atom is -0.482 e. The van der Waals surface area contributed by atoms with Crippen LogP contribution in [0.5, 0.6) is 5.75 Å². The van der Waals surface area contributed by atoms with Gasteiger partial charge in [0.2, 0.25) is 0 Å². The highest BCUT2D eigenvalue weighted by Crippen LogP contribution is 2.27. The van der Waals surface area contributed by atoms with Gasteiger partial charge in [-0.1, -0.05) is 71.2 Å². The molecule has 0 spiro atoms. The summed E-state index contributed by atoms with van der Waals surface area (Å²) in [6, 6.07) is 21.4. The Morgan fingerprint density at radius 3 is 2.75 bits per heavy atom. The molecule has 0 saturated carbocycles. The van der Waals surface area contributed by atoms with Gasteiger partial charge in [-0.05, 0) is 36.8 Å². The summed E-state index contributed by atoms with van der Waals surface area (Å²) in [5, 5.41) is 6.00. The van der Waals surface area contributed by atoms with Crippen LogP contribution in [0.3, 0.4) is 0 Å². The number of carbonyl (C=O) groups is 1. The molecule has 1 aromatic heterocycles. The van der Waals surface area contributed by atoms with Crippen molar-refractivity contribution >= 4 is 46.2 Å². The highest BCUT2D eigenvalue weighted by Gasteiger charge is 2.09. The zero-order valence-corrected chi connectivity index (χ0v) is 18.9. The van der Waals surface area contributed by atoms with Crippen LogP contribution in [-0.4, -0.2) is 23.3 Å². The van der Waals surface area contributed by atoms with Crippen molar-refractivity contribution in [1.82, 2.24) is 9.99 Å². The quantitative estimate of drug-likeness (QED) is 0.275. The molecule has 0 bridgehead atoms. The van der Waals surface area contributed by atoms with Crippen LogP contribution in [0, 0.1) is 6.92 Å². The highest BCUT2D eigenvalue weighted by atomic mass is 35.5. The molecular formula is C25H21Cl2N3O2. The van der Waals surface area contributed by atoms with E-state index in [9.17, 15) is 4.79 Å². The summed E-state index contributed by atoms with van der Waals surface area (Å²) in [6.07, 6.45) is 3.68. The van der Waals surface area contributed by atoms with Crippen LogP contribution in [0.15, 0.2) is 78.0 Å². The Kier molecular flexibility index (Phi) is 6.78. The van der Waals surface area contributed by atoms with Gasteiger partial charge >= 0.3 is 0 Å². The van der Waals surface area contributed by atoms with Crippen molar-refractivity contribution in [2.45, 2.75) is 13.5 Å². The first-order chi connectivity index (χ1) is 15.5. The molecule has 1 amide bonds. The van der Waals surface area contributed by atoms with E-state index in [1.165, 1.54) is 11.1 Å². The number of benzene rings is 3. The lowest BCUT2D eigenvalue weighted by Crippen LogP contribution is -2.24. The molecule has 1 N–H and O–H groups in total. The number of ether oxygens (including phenoxy) is 1. The molecule has 5 nitrogen and oxygen atoms in total. The second-order valence-electron chi connectivity index (χ2n) is 7.38. The number of rotatable bonds is 7. The number of para-hydroxylation sites is 1. The zero-order chi connectivity index (χ0) is 22.5. The first-order valence-corrected chi connectivity index (χ1v) is 10.8. The predicted molar refractivity (Wildman–Crippen MR) is 130 cm³/mol. The normalized spacial score (nSPS) is 11.2. The van der Waals surface area contributed by atoms with Gasteiger partial charge in [-0.15, -0.1) is 0 Å². The van der Waals surface area contributed by atoms with Crippen LogP contribution in [0.1, 0.15) is 16.7 Å². The standard InChI is InChI=1S/C25H21Cl2N3O2/c1-17-5-4-6-18(11-17)14-30-15-19(21-7-2-3-8-23(21)30)13-28-29-25(31)16-32-24-10-9-20(26)12-22(24)27/h2-13,15H,14,16H2,1H3,(H,29,31)/b28-13+. The second kappa shape index (κ2) is 9.90. The maximum absolute atomic E-state index is 12.1. The van der Waals surface area contributed by atoms with Crippen molar-refractivity contribution in [3.05, 3.63) is 99.7 Å². The summed E-state index contributed by atoms with van der Waals surface area (Å²) < 4.78 is 7.61. The Hall–Kier alpha value is -3.28. The summed E-state index contributed by atoms with van der Waals surface area (Å²) in [6.45, 7) is 2.62. The molecule has 1 heterocycles. The molecule has 0 fully saturated rings. The van der Waals surface area contributed by atoms with Crippen molar-refractivity contribution in [1.29, 1.82) is 0 Å². The SMILES string of the molecule is Cc1cccc(Cn2cc(/C=N/NC(=O)COc3ccc(Cl)cc3Cl)c3ccccc32)c1. The largest absolute Gasteiger partial charge is 0.482 e. The molecule has 7 heteroatoms. The lowest BCUT2D eigenvalue weighted by Gasteiger charge is -2.06.